The topological polar surface area (TPSA) is 92.5 Å². The Labute approximate surface area is 150 Å². The van der Waals surface area contributed by atoms with Gasteiger partial charge < -0.3 is 10.2 Å². The zero-order valence-corrected chi connectivity index (χ0v) is 16.0. The van der Waals surface area contributed by atoms with Crippen molar-refractivity contribution in [3.05, 3.63) is 28.3 Å². The molecule has 0 bridgehead atoms. The third-order valence-electron chi connectivity index (χ3n) is 4.23. The van der Waals surface area contributed by atoms with Gasteiger partial charge in [-0.05, 0) is 45.5 Å². The van der Waals surface area contributed by atoms with Crippen LogP contribution in [0.5, 0.6) is 0 Å². The Kier molecular flexibility index (Phi) is 6.59. The molecule has 0 spiro atoms. The number of sulfone groups is 1. The van der Waals surface area contributed by atoms with Gasteiger partial charge in [-0.25, -0.2) is 8.42 Å². The second-order valence-corrected chi connectivity index (χ2v) is 8.94. The lowest BCUT2D eigenvalue weighted by atomic mass is 10.2. The Morgan fingerprint density at radius 2 is 2.12 bits per heavy atom. The van der Waals surface area contributed by atoms with Gasteiger partial charge in [-0.15, -0.1) is 0 Å². The molecular weight excluding hydrogens is 398 g/mol. The number of halogens is 1. The second-order valence-electron chi connectivity index (χ2n) is 5.95. The van der Waals surface area contributed by atoms with Gasteiger partial charge in [-0.1, -0.05) is 15.9 Å². The van der Waals surface area contributed by atoms with Crippen molar-refractivity contribution in [1.29, 1.82) is 0 Å². The fraction of sp³-hybridized carbons (Fsp3) is 0.600. The molecule has 1 aromatic carbocycles. The molecule has 24 heavy (non-hydrogen) atoms. The van der Waals surface area contributed by atoms with Crippen molar-refractivity contribution < 1.29 is 13.3 Å². The van der Waals surface area contributed by atoms with Crippen molar-refractivity contribution in [2.75, 3.05) is 37.3 Å². The van der Waals surface area contributed by atoms with Gasteiger partial charge in [-0.2, -0.15) is 0 Å². The van der Waals surface area contributed by atoms with Crippen molar-refractivity contribution in [1.82, 2.24) is 4.90 Å². The molecule has 1 aromatic rings. The summed E-state index contributed by atoms with van der Waals surface area (Å²) >= 11 is 3.29. The molecule has 134 valence electrons. The third kappa shape index (κ3) is 4.46. The second kappa shape index (κ2) is 8.26. The Balaban J connectivity index is 2.42. The lowest BCUT2D eigenvalue weighted by Crippen LogP contribution is -2.25. The van der Waals surface area contributed by atoms with Crippen LogP contribution in [0.4, 0.5) is 11.4 Å². The highest BCUT2D eigenvalue weighted by Gasteiger charge is 2.32. The Morgan fingerprint density at radius 3 is 2.79 bits per heavy atom. The third-order valence-corrected chi connectivity index (χ3v) is 6.93. The highest BCUT2D eigenvalue weighted by atomic mass is 79.9. The number of rotatable bonds is 6. The minimum atomic E-state index is -3.63. The van der Waals surface area contributed by atoms with E-state index < -0.39 is 20.0 Å². The number of hydrogen-bond acceptors (Lipinski definition) is 6. The van der Waals surface area contributed by atoms with Crippen LogP contribution in [0.2, 0.25) is 0 Å². The average Bonchev–Trinajstić information content (AvgIpc) is 2.77. The molecule has 1 atom stereocenters. The quantitative estimate of drug-likeness (QED) is 0.432. The number of nitrogens with one attached hydrogen (secondary N) is 1. The maximum atomic E-state index is 13.1. The van der Waals surface area contributed by atoms with E-state index in [1.807, 2.05) is 7.05 Å². The molecule has 1 aliphatic rings. The van der Waals surface area contributed by atoms with E-state index in [1.165, 1.54) is 18.2 Å². The maximum absolute atomic E-state index is 13.1. The van der Waals surface area contributed by atoms with E-state index in [0.717, 1.165) is 13.0 Å². The number of nitrogens with zero attached hydrogens (tertiary/aromatic N) is 2. The van der Waals surface area contributed by atoms with Gasteiger partial charge in [0.2, 0.25) is 0 Å². The first kappa shape index (κ1) is 19.1. The summed E-state index contributed by atoms with van der Waals surface area (Å²) in [5.41, 5.74) is 0.223. The Bertz CT molecular complexity index is 696. The molecular formula is C15H22BrN3O4S. The summed E-state index contributed by atoms with van der Waals surface area (Å²) in [5.74, 6) is 0. The number of anilines is 1. The molecule has 1 fully saturated rings. The summed E-state index contributed by atoms with van der Waals surface area (Å²) in [4.78, 5) is 12.6. The van der Waals surface area contributed by atoms with Gasteiger partial charge in [0.15, 0.2) is 9.84 Å². The van der Waals surface area contributed by atoms with E-state index in [0.29, 0.717) is 36.9 Å². The first-order valence-corrected chi connectivity index (χ1v) is 10.5. The molecule has 0 saturated carbocycles. The summed E-state index contributed by atoms with van der Waals surface area (Å²) in [6.45, 7) is 2.12. The van der Waals surface area contributed by atoms with Crippen LogP contribution < -0.4 is 5.32 Å². The number of likely N-dealkylation sites (tertiary alicyclic amines) is 1. The standard InChI is InChI=1S/C15H22BrN3O4S/c1-18-9-2-3-13(6-10-18)24(22,23)15-11-12(19(20)21)4-5-14(15)17-8-7-16/h4-5,11,13,17H,2-3,6-10H2,1H3. The summed E-state index contributed by atoms with van der Waals surface area (Å²) in [7, 11) is -1.66. The molecule has 0 radical (unpaired) electrons. The number of hydrogen-bond donors (Lipinski definition) is 1. The smallest absolute Gasteiger partial charge is 0.270 e. The minimum absolute atomic E-state index is 0.0344. The molecule has 0 amide bonds. The molecule has 0 aliphatic carbocycles. The number of benzene rings is 1. The van der Waals surface area contributed by atoms with E-state index in [-0.39, 0.29) is 10.6 Å². The van der Waals surface area contributed by atoms with E-state index in [2.05, 4.69) is 26.1 Å². The Hall–Kier alpha value is -1.19. The lowest BCUT2D eigenvalue weighted by molar-refractivity contribution is -0.385. The van der Waals surface area contributed by atoms with Gasteiger partial charge in [0.1, 0.15) is 0 Å². The molecule has 1 N–H and O–H groups in total. The predicted molar refractivity (Wildman–Crippen MR) is 97.7 cm³/mol. The fourth-order valence-corrected chi connectivity index (χ4v) is 5.07. The number of non-ortho nitro benzene ring substituents is 1. The van der Waals surface area contributed by atoms with E-state index in [9.17, 15) is 18.5 Å². The van der Waals surface area contributed by atoms with Crippen LogP contribution in [0.1, 0.15) is 19.3 Å². The van der Waals surface area contributed by atoms with Crippen LogP contribution in [0.25, 0.3) is 0 Å². The van der Waals surface area contributed by atoms with Gasteiger partial charge in [0, 0.05) is 24.0 Å². The normalized spacial score (nSPS) is 19.7. The predicted octanol–water partition coefficient (Wildman–Crippen LogP) is 2.66. The molecule has 1 aliphatic heterocycles. The molecule has 7 nitrogen and oxygen atoms in total. The molecule has 0 aromatic heterocycles. The average molecular weight is 420 g/mol. The first-order chi connectivity index (χ1) is 11.4. The zero-order valence-electron chi connectivity index (χ0n) is 13.6. The summed E-state index contributed by atoms with van der Waals surface area (Å²) in [6, 6.07) is 3.99. The number of nitro benzene ring substituents is 1. The molecule has 1 unspecified atom stereocenters. The van der Waals surface area contributed by atoms with Crippen molar-refractivity contribution in [3.63, 3.8) is 0 Å². The first-order valence-electron chi connectivity index (χ1n) is 7.87. The van der Waals surface area contributed by atoms with Crippen LogP contribution in [-0.4, -0.2) is 55.5 Å². The largest absolute Gasteiger partial charge is 0.383 e. The molecule has 1 saturated heterocycles. The summed E-state index contributed by atoms with van der Waals surface area (Å²) < 4.78 is 26.2. The molecule has 2 rings (SSSR count). The van der Waals surface area contributed by atoms with Gasteiger partial charge in [-0.3, -0.25) is 10.1 Å². The van der Waals surface area contributed by atoms with Crippen LogP contribution in [0.3, 0.4) is 0 Å². The van der Waals surface area contributed by atoms with E-state index in [4.69, 9.17) is 0 Å². The lowest BCUT2D eigenvalue weighted by Gasteiger charge is -2.18. The highest BCUT2D eigenvalue weighted by Crippen LogP contribution is 2.32. The van der Waals surface area contributed by atoms with E-state index in [1.54, 1.807) is 0 Å². The van der Waals surface area contributed by atoms with Crippen molar-refractivity contribution in [3.8, 4) is 0 Å². The summed E-state index contributed by atoms with van der Waals surface area (Å²) in [5, 5.41) is 14.2. The Morgan fingerprint density at radius 1 is 1.38 bits per heavy atom. The van der Waals surface area contributed by atoms with Crippen LogP contribution in [0.15, 0.2) is 23.1 Å². The fourth-order valence-electron chi connectivity index (χ4n) is 2.89. The van der Waals surface area contributed by atoms with Crippen molar-refractivity contribution in [2.24, 2.45) is 0 Å². The summed E-state index contributed by atoms with van der Waals surface area (Å²) in [6.07, 6.45) is 1.92. The monoisotopic (exact) mass is 419 g/mol. The van der Waals surface area contributed by atoms with Gasteiger partial charge in [0.25, 0.3) is 5.69 Å². The highest BCUT2D eigenvalue weighted by molar-refractivity contribution is 9.09. The van der Waals surface area contributed by atoms with Crippen LogP contribution >= 0.6 is 15.9 Å². The van der Waals surface area contributed by atoms with Crippen LogP contribution in [0, 0.1) is 10.1 Å². The molecule has 1 heterocycles. The van der Waals surface area contributed by atoms with Gasteiger partial charge in [0.05, 0.1) is 20.8 Å². The maximum Gasteiger partial charge on any atom is 0.270 e. The van der Waals surface area contributed by atoms with Crippen molar-refractivity contribution >= 4 is 37.1 Å². The SMILES string of the molecule is CN1CCCC(S(=O)(=O)c2cc([N+](=O)[O-])ccc2NCCBr)CC1. The van der Waals surface area contributed by atoms with Crippen molar-refractivity contribution in [2.45, 2.75) is 29.4 Å². The minimum Gasteiger partial charge on any atom is -0.383 e. The van der Waals surface area contributed by atoms with Gasteiger partial charge >= 0.3 is 0 Å². The number of alkyl halides is 1. The van der Waals surface area contributed by atoms with Crippen LogP contribution in [-0.2, 0) is 9.84 Å². The molecule has 9 heteroatoms. The number of nitro groups is 1. The zero-order chi connectivity index (χ0) is 17.7. The van der Waals surface area contributed by atoms with E-state index >= 15 is 0 Å².